The van der Waals surface area contributed by atoms with Crippen molar-refractivity contribution in [1.29, 1.82) is 0 Å². The number of rotatable bonds is 2. The summed E-state index contributed by atoms with van der Waals surface area (Å²) in [6.07, 6.45) is 1.72. The fraction of sp³-hybridized carbons (Fsp3) is 0. The van der Waals surface area contributed by atoms with Crippen molar-refractivity contribution in [2.75, 3.05) is 0 Å². The van der Waals surface area contributed by atoms with E-state index in [-0.39, 0.29) is 17.1 Å². The van der Waals surface area contributed by atoms with E-state index >= 15 is 0 Å². The first-order valence-electron chi connectivity index (χ1n) is 6.66. The maximum atomic E-state index is 4.37. The van der Waals surface area contributed by atoms with E-state index < -0.39 is 0 Å². The Kier molecular flexibility index (Phi) is 6.55. The van der Waals surface area contributed by atoms with E-state index in [4.69, 9.17) is 0 Å². The summed E-state index contributed by atoms with van der Waals surface area (Å²) < 4.78 is 0. The smallest absolute Gasteiger partial charge is 0.0600 e. The minimum Gasteiger partial charge on any atom is -0.999 e. The van der Waals surface area contributed by atoms with Crippen molar-refractivity contribution in [1.82, 2.24) is 0 Å². The molecule has 0 heterocycles. The SMILES string of the molecule is [Fe].[c-]1[c-][c-][c-](C=Nc2ccc3ccccc3c2)[c-]1.[c-]1[c-][c-][cH-][c-]1. The molecule has 0 unspecified atom stereocenters. The number of hydrogen-bond acceptors (Lipinski definition) is 1. The Morgan fingerprint density at radius 1 is 0.870 bits per heavy atom. The van der Waals surface area contributed by atoms with Crippen LogP contribution < -0.4 is 0 Å². The van der Waals surface area contributed by atoms with Crippen molar-refractivity contribution in [2.24, 2.45) is 4.99 Å². The maximum Gasteiger partial charge on any atom is 0.0600 e. The van der Waals surface area contributed by atoms with E-state index in [9.17, 15) is 0 Å². The number of hydrogen-bond donors (Lipinski definition) is 0. The predicted octanol–water partition coefficient (Wildman–Crippen LogP) is 4.11. The number of aliphatic imine (C=N–C) groups is 1. The van der Waals surface area contributed by atoms with Gasteiger partial charge in [-0.3, -0.25) is 4.99 Å². The van der Waals surface area contributed by atoms with Gasteiger partial charge in [0.25, 0.3) is 0 Å². The molecule has 0 bridgehead atoms. The molecule has 0 aliphatic heterocycles. The Labute approximate surface area is 147 Å². The van der Waals surface area contributed by atoms with Gasteiger partial charge in [-0.2, -0.15) is 6.21 Å². The van der Waals surface area contributed by atoms with Crippen LogP contribution in [-0.4, -0.2) is 6.21 Å². The molecule has 0 aliphatic carbocycles. The average Bonchev–Trinajstić information content (AvgIpc) is 3.28. The molecule has 0 saturated carbocycles. The first-order chi connectivity index (χ1) is 10.9. The molecule has 4 rings (SSSR count). The summed E-state index contributed by atoms with van der Waals surface area (Å²) in [5.41, 5.74) is 1.70. The largest absolute Gasteiger partial charge is 0.999 e. The maximum absolute atomic E-state index is 4.37. The van der Waals surface area contributed by atoms with Crippen LogP contribution in [0.1, 0.15) is 5.56 Å². The molecule has 0 atom stereocenters. The topological polar surface area (TPSA) is 12.4 Å². The van der Waals surface area contributed by atoms with E-state index in [1.165, 1.54) is 10.8 Å². The van der Waals surface area contributed by atoms with Gasteiger partial charge in [0, 0.05) is 17.1 Å². The zero-order valence-electron chi connectivity index (χ0n) is 12.0. The molecule has 0 aromatic heterocycles. The van der Waals surface area contributed by atoms with Gasteiger partial charge >= 0.3 is 0 Å². The predicted molar refractivity (Wildman–Crippen MR) is 86.0 cm³/mol. The van der Waals surface area contributed by atoms with Crippen molar-refractivity contribution in [2.45, 2.75) is 0 Å². The van der Waals surface area contributed by atoms with Crippen LogP contribution in [0.25, 0.3) is 10.8 Å². The van der Waals surface area contributed by atoms with Crippen molar-refractivity contribution < 1.29 is 17.1 Å². The van der Waals surface area contributed by atoms with Crippen LogP contribution in [-0.2, 0) is 17.1 Å². The number of nitrogens with zero attached hydrogens (tertiary/aromatic N) is 1. The molecule has 0 fully saturated rings. The van der Waals surface area contributed by atoms with E-state index in [2.05, 4.69) is 77.8 Å². The van der Waals surface area contributed by atoms with Gasteiger partial charge in [0.05, 0.1) is 5.69 Å². The Bertz CT molecular complexity index is 810. The van der Waals surface area contributed by atoms with E-state index in [0.29, 0.717) is 0 Å². The summed E-state index contributed by atoms with van der Waals surface area (Å²) in [6, 6.07) is 37.5. The van der Waals surface area contributed by atoms with Gasteiger partial charge in [-0.1, -0.05) is 30.3 Å². The molecule has 0 spiro atoms. The molecular weight excluding hydrogens is 322 g/mol. The van der Waals surface area contributed by atoms with Gasteiger partial charge in [-0.25, -0.2) is 0 Å². The Balaban J connectivity index is 0.000000276. The Hall–Kier alpha value is -2.41. The molecule has 0 aliphatic rings. The summed E-state index contributed by atoms with van der Waals surface area (Å²) in [4.78, 5) is 4.37. The van der Waals surface area contributed by atoms with Gasteiger partial charge in [0.2, 0.25) is 0 Å². The number of fused-ring (bicyclic) bond motifs is 1. The standard InChI is InChI=1S/C16H8N.C5H.Fe/c1-2-6-13(5-1)12-17-16-10-9-14-7-3-4-8-15(14)11-16;1-2-4-5-3-1;/h3-4,7-12H;1H;/q2*-5;. The molecule has 0 amide bonds. The van der Waals surface area contributed by atoms with Gasteiger partial charge in [-0.05, 0) is 22.9 Å². The molecule has 4 aromatic rings. The first-order valence-corrected chi connectivity index (χ1v) is 6.66. The fourth-order valence-electron chi connectivity index (χ4n) is 1.87. The minimum atomic E-state index is 0. The first kappa shape index (κ1) is 17.0. The van der Waals surface area contributed by atoms with Crippen LogP contribution >= 0.6 is 0 Å². The van der Waals surface area contributed by atoms with Crippen molar-refractivity contribution >= 4 is 22.7 Å². The summed E-state index contributed by atoms with van der Waals surface area (Å²) in [5.74, 6) is 0. The summed E-state index contributed by atoms with van der Waals surface area (Å²) in [6.45, 7) is 0. The minimum absolute atomic E-state index is 0. The molecule has 0 saturated heterocycles. The van der Waals surface area contributed by atoms with Crippen molar-refractivity contribution in [3.05, 3.63) is 103 Å². The fourth-order valence-corrected chi connectivity index (χ4v) is 1.87. The Morgan fingerprint density at radius 2 is 1.57 bits per heavy atom. The van der Waals surface area contributed by atoms with Crippen molar-refractivity contribution in [3.63, 3.8) is 0 Å². The molecule has 23 heavy (non-hydrogen) atoms. The van der Waals surface area contributed by atoms with Crippen LogP contribution in [0.15, 0.2) is 53.5 Å². The Morgan fingerprint density at radius 3 is 2.22 bits per heavy atom. The van der Waals surface area contributed by atoms with E-state index in [0.717, 1.165) is 11.3 Å². The zero-order chi connectivity index (χ0) is 15.0. The van der Waals surface area contributed by atoms with Crippen LogP contribution in [0.5, 0.6) is 0 Å². The second kappa shape index (κ2) is 8.89. The molecule has 0 radical (unpaired) electrons. The van der Waals surface area contributed by atoms with Gasteiger partial charge in [0.1, 0.15) is 0 Å². The quantitative estimate of drug-likeness (QED) is 0.298. The van der Waals surface area contributed by atoms with Crippen LogP contribution in [0.4, 0.5) is 5.69 Å². The third kappa shape index (κ3) is 5.07. The molecule has 2 heteroatoms. The second-order valence-electron chi connectivity index (χ2n) is 4.39. The molecule has 116 valence electrons. The summed E-state index contributed by atoms with van der Waals surface area (Å²) >= 11 is 0. The molecule has 4 aromatic carbocycles. The summed E-state index contributed by atoms with van der Waals surface area (Å²) in [5, 5.41) is 2.41. The van der Waals surface area contributed by atoms with E-state index in [1.54, 1.807) is 12.3 Å². The normalized spacial score (nSPS) is 10.1. The molecule has 1 nitrogen and oxygen atoms in total. The van der Waals surface area contributed by atoms with Crippen molar-refractivity contribution in [3.8, 4) is 0 Å². The zero-order valence-corrected chi connectivity index (χ0v) is 13.1. The van der Waals surface area contributed by atoms with Crippen LogP contribution in [0.2, 0.25) is 0 Å². The summed E-state index contributed by atoms with van der Waals surface area (Å²) in [7, 11) is 0. The second-order valence-corrected chi connectivity index (χ2v) is 4.39. The van der Waals surface area contributed by atoms with Crippen LogP contribution in [0, 0.1) is 48.5 Å². The average molecular weight is 331 g/mol. The molecular formula is C21H9FeN-10. The van der Waals surface area contributed by atoms with Crippen LogP contribution in [0.3, 0.4) is 0 Å². The van der Waals surface area contributed by atoms with Gasteiger partial charge < -0.3 is 60.2 Å². The monoisotopic (exact) mass is 331 g/mol. The molecule has 0 N–H and O–H groups in total. The third-order valence-corrected chi connectivity index (χ3v) is 2.88. The number of benzene rings is 2. The third-order valence-electron chi connectivity index (χ3n) is 2.88. The van der Waals surface area contributed by atoms with E-state index in [1.807, 2.05) is 18.2 Å². The van der Waals surface area contributed by atoms with Gasteiger partial charge in [0.15, 0.2) is 0 Å². The van der Waals surface area contributed by atoms with Gasteiger partial charge in [-0.15, -0.1) is 0 Å².